The predicted octanol–water partition coefficient (Wildman–Crippen LogP) is 0.588. The fraction of sp³-hybridized carbons (Fsp3) is 0.700. The van der Waals surface area contributed by atoms with Gasteiger partial charge in [0.25, 0.3) is 5.97 Å². The zero-order valence-electron chi connectivity index (χ0n) is 10.4. The Hall–Kier alpha value is -1.10. The van der Waals surface area contributed by atoms with Gasteiger partial charge in [-0.1, -0.05) is 0 Å². The van der Waals surface area contributed by atoms with E-state index in [4.69, 9.17) is 9.84 Å². The molecule has 0 aliphatic carbocycles. The second kappa shape index (κ2) is 6.18. The molecular formula is C10H15N2O5W-. The molecule has 0 aromatic heterocycles. The van der Waals surface area contributed by atoms with Crippen molar-refractivity contribution in [3.05, 3.63) is 5.32 Å². The smallest absolute Gasteiger partial charge is 0.410 e. The van der Waals surface area contributed by atoms with Gasteiger partial charge in [-0.05, 0) is 20.8 Å². The summed E-state index contributed by atoms with van der Waals surface area (Å²) in [5.74, 6) is -1.86. The Bertz CT molecular complexity index is 353. The maximum absolute atomic E-state index is 11.6. The molecule has 1 aliphatic heterocycles. The van der Waals surface area contributed by atoms with Crippen molar-refractivity contribution in [1.29, 1.82) is 0 Å². The van der Waals surface area contributed by atoms with Crippen LogP contribution >= 0.6 is 0 Å². The summed E-state index contributed by atoms with van der Waals surface area (Å²) >= 11 is 0. The van der Waals surface area contributed by atoms with E-state index in [2.05, 4.69) is 5.32 Å². The Kier molecular flexibility index (Phi) is 5.80. The van der Waals surface area contributed by atoms with Crippen molar-refractivity contribution in [2.24, 2.45) is 0 Å². The largest absolute Gasteiger partial charge is 0.639 e. The first kappa shape index (κ1) is 16.9. The topological polar surface area (TPSA) is 98.0 Å². The number of carbonyl (C=O) groups excluding carboxylic acids is 2. The number of carboxylic acid groups (broad SMARTS) is 1. The predicted molar refractivity (Wildman–Crippen MR) is 57.6 cm³/mol. The van der Waals surface area contributed by atoms with Gasteiger partial charge < -0.3 is 24.9 Å². The van der Waals surface area contributed by atoms with E-state index < -0.39 is 29.6 Å². The molecule has 102 valence electrons. The van der Waals surface area contributed by atoms with Crippen LogP contribution in [0.2, 0.25) is 0 Å². The van der Waals surface area contributed by atoms with E-state index in [9.17, 15) is 14.4 Å². The summed E-state index contributed by atoms with van der Waals surface area (Å²) in [6.07, 6.45) is -0.702. The molecule has 1 atom stereocenters. The summed E-state index contributed by atoms with van der Waals surface area (Å²) in [5, 5.41) is 12.2. The van der Waals surface area contributed by atoms with E-state index in [0.29, 0.717) is 0 Å². The number of hydrogen-bond donors (Lipinski definition) is 1. The Morgan fingerprint density at radius 3 is 2.44 bits per heavy atom. The van der Waals surface area contributed by atoms with Crippen molar-refractivity contribution in [3.63, 3.8) is 0 Å². The van der Waals surface area contributed by atoms with Crippen molar-refractivity contribution >= 4 is 18.0 Å². The number of rotatable bonds is 1. The zero-order chi connectivity index (χ0) is 13.2. The molecule has 1 unspecified atom stereocenters. The van der Waals surface area contributed by atoms with Crippen LogP contribution in [-0.4, -0.2) is 52.7 Å². The van der Waals surface area contributed by atoms with Gasteiger partial charge in [-0.15, -0.1) is 0 Å². The van der Waals surface area contributed by atoms with Crippen LogP contribution < -0.4 is 0 Å². The summed E-state index contributed by atoms with van der Waals surface area (Å²) in [6, 6.07) is -1.20. The third kappa shape index (κ3) is 5.04. The molecule has 1 saturated heterocycles. The van der Waals surface area contributed by atoms with E-state index in [1.54, 1.807) is 20.8 Å². The first-order valence-electron chi connectivity index (χ1n) is 5.13. The number of amides is 2. The number of hydrogen-bond acceptors (Lipinski definition) is 4. The Balaban J connectivity index is 0.00000289. The van der Waals surface area contributed by atoms with Gasteiger partial charge >= 0.3 is 6.09 Å². The van der Waals surface area contributed by atoms with Gasteiger partial charge in [0.05, 0.1) is 12.5 Å². The summed E-state index contributed by atoms with van der Waals surface area (Å²) in [6.45, 7) is 4.69. The van der Waals surface area contributed by atoms with Crippen molar-refractivity contribution in [1.82, 2.24) is 4.90 Å². The van der Waals surface area contributed by atoms with Gasteiger partial charge in [-0.3, -0.25) is 4.79 Å². The van der Waals surface area contributed by atoms with Crippen molar-refractivity contribution in [3.8, 4) is 0 Å². The molecule has 1 rings (SSSR count). The Labute approximate surface area is 119 Å². The molecule has 8 heteroatoms. The van der Waals surface area contributed by atoms with Crippen LogP contribution in [0.4, 0.5) is 4.79 Å². The third-order valence-electron chi connectivity index (χ3n) is 1.96. The zero-order valence-corrected chi connectivity index (χ0v) is 13.3. The molecule has 18 heavy (non-hydrogen) atoms. The summed E-state index contributed by atoms with van der Waals surface area (Å²) in [5.41, 5.74) is -0.687. The Morgan fingerprint density at radius 1 is 1.44 bits per heavy atom. The van der Waals surface area contributed by atoms with Crippen LogP contribution in [0.5, 0.6) is 0 Å². The van der Waals surface area contributed by atoms with E-state index in [0.717, 1.165) is 4.90 Å². The number of nitrogens with zero attached hydrogens (tertiary/aromatic N) is 2. The first-order chi connectivity index (χ1) is 7.69. The van der Waals surface area contributed by atoms with Crippen LogP contribution in [0.25, 0.3) is 5.32 Å². The standard InChI is InChI=1S/C10H16N2O5.W/c1-10(2,3)17-9(16)12-4-6(8(14)15)11-7(13)5-12;/h6H,4-5H2,1-3H3,(H2,11,13,14,15);/p-1. The molecule has 1 heterocycles. The molecule has 0 bridgehead atoms. The van der Waals surface area contributed by atoms with Crippen LogP contribution in [0, 0.1) is 0 Å². The molecule has 2 amide bonds. The first-order valence-corrected chi connectivity index (χ1v) is 5.13. The quantitative estimate of drug-likeness (QED) is 0.661. The van der Waals surface area contributed by atoms with Crippen molar-refractivity contribution in [2.45, 2.75) is 32.4 Å². The van der Waals surface area contributed by atoms with Crippen LogP contribution in [0.15, 0.2) is 0 Å². The summed E-state index contributed by atoms with van der Waals surface area (Å²) < 4.78 is 5.05. The van der Waals surface area contributed by atoms with Gasteiger partial charge in [-0.25, -0.2) is 4.79 Å². The van der Waals surface area contributed by atoms with Gasteiger partial charge in [0.15, 0.2) is 0 Å². The molecule has 0 spiro atoms. The minimum absolute atomic E-state index is 0. The van der Waals surface area contributed by atoms with Crippen molar-refractivity contribution < 1.29 is 45.3 Å². The van der Waals surface area contributed by atoms with Crippen LogP contribution in [0.1, 0.15) is 20.8 Å². The maximum atomic E-state index is 11.6. The molecular weight excluding hydrogens is 412 g/mol. The van der Waals surface area contributed by atoms with Gasteiger partial charge in [0, 0.05) is 33.7 Å². The van der Waals surface area contributed by atoms with Gasteiger partial charge in [0.1, 0.15) is 5.60 Å². The fourth-order valence-corrected chi connectivity index (χ4v) is 1.29. The van der Waals surface area contributed by atoms with Crippen molar-refractivity contribution in [2.75, 3.05) is 13.1 Å². The van der Waals surface area contributed by atoms with E-state index >= 15 is 0 Å². The van der Waals surface area contributed by atoms with Gasteiger partial charge in [0.2, 0.25) is 0 Å². The molecule has 1 aliphatic rings. The maximum Gasteiger partial charge on any atom is 0.410 e. The Morgan fingerprint density at radius 2 is 2.00 bits per heavy atom. The van der Waals surface area contributed by atoms with E-state index in [1.165, 1.54) is 0 Å². The van der Waals surface area contributed by atoms with E-state index in [-0.39, 0.29) is 34.2 Å². The fourth-order valence-electron chi connectivity index (χ4n) is 1.29. The molecule has 0 saturated carbocycles. The second-order valence-electron chi connectivity index (χ2n) is 4.74. The number of ether oxygens (including phenoxy) is 1. The molecule has 0 radical (unpaired) electrons. The number of aliphatic carboxylic acids is 1. The summed E-state index contributed by atoms with van der Waals surface area (Å²) in [4.78, 5) is 34.6. The normalized spacial score (nSPS) is 19.6. The third-order valence-corrected chi connectivity index (χ3v) is 1.96. The minimum atomic E-state index is -1.23. The second-order valence-corrected chi connectivity index (χ2v) is 4.74. The molecule has 0 aromatic carbocycles. The molecule has 1 N–H and O–H groups in total. The minimum Gasteiger partial charge on any atom is -0.639 e. The molecule has 0 aromatic rings. The van der Waals surface area contributed by atoms with Gasteiger partial charge in [-0.2, -0.15) is 0 Å². The van der Waals surface area contributed by atoms with Crippen LogP contribution in [-0.2, 0) is 35.4 Å². The number of piperazine rings is 1. The average Bonchev–Trinajstić information content (AvgIpc) is 2.13. The van der Waals surface area contributed by atoms with Crippen LogP contribution in [0.3, 0.4) is 0 Å². The summed E-state index contributed by atoms with van der Waals surface area (Å²) in [7, 11) is 0. The molecule has 7 nitrogen and oxygen atoms in total. The average molecular weight is 427 g/mol. The van der Waals surface area contributed by atoms with E-state index in [1.807, 2.05) is 0 Å². The number of carboxylic acids is 1. The SMILES string of the molecule is CC(C)(C)OC(=O)N1CC(=O)[N-]C(C(=O)O)C1.[W]. The molecule has 1 fully saturated rings. The number of carbonyl (C=O) groups is 3. The monoisotopic (exact) mass is 427 g/mol.